The van der Waals surface area contributed by atoms with Crippen LogP contribution in [0, 0.1) is 6.92 Å². The molecule has 2 aromatic heterocycles. The van der Waals surface area contributed by atoms with E-state index in [1.807, 2.05) is 37.3 Å². The number of aryl methyl sites for hydroxylation is 1. The van der Waals surface area contributed by atoms with Gasteiger partial charge < -0.3 is 10.2 Å². The van der Waals surface area contributed by atoms with Crippen molar-refractivity contribution >= 4 is 39.7 Å². The standard InChI is InChI=1S/C18H18N4OS/c1-12-4-7-16(24-12)18(23)21-13-5-6-15-14(10-13)17(20-11-19-15)22-8-2-3-9-22/h4-7,10-11H,2-3,8-9H2,1H3,(H,21,23). The molecule has 1 aliphatic rings. The Morgan fingerprint density at radius 3 is 2.75 bits per heavy atom. The van der Waals surface area contributed by atoms with E-state index in [4.69, 9.17) is 0 Å². The molecule has 3 aromatic rings. The second-order valence-corrected chi connectivity index (χ2v) is 7.28. The lowest BCUT2D eigenvalue weighted by atomic mass is 10.2. The van der Waals surface area contributed by atoms with E-state index in [9.17, 15) is 4.79 Å². The van der Waals surface area contributed by atoms with E-state index in [0.29, 0.717) is 0 Å². The van der Waals surface area contributed by atoms with Gasteiger partial charge in [0, 0.05) is 29.0 Å². The van der Waals surface area contributed by atoms with Crippen molar-refractivity contribution in [3.63, 3.8) is 0 Å². The third kappa shape index (κ3) is 2.85. The lowest BCUT2D eigenvalue weighted by molar-refractivity contribution is 0.103. The van der Waals surface area contributed by atoms with Gasteiger partial charge in [-0.3, -0.25) is 4.79 Å². The van der Waals surface area contributed by atoms with Gasteiger partial charge in [0.1, 0.15) is 12.1 Å². The molecule has 24 heavy (non-hydrogen) atoms. The van der Waals surface area contributed by atoms with Crippen LogP contribution in [0.4, 0.5) is 11.5 Å². The number of fused-ring (bicyclic) bond motifs is 1. The van der Waals surface area contributed by atoms with E-state index in [-0.39, 0.29) is 5.91 Å². The monoisotopic (exact) mass is 338 g/mol. The number of carbonyl (C=O) groups is 1. The van der Waals surface area contributed by atoms with Crippen molar-refractivity contribution in [2.45, 2.75) is 19.8 Å². The molecule has 1 amide bonds. The van der Waals surface area contributed by atoms with Crippen LogP contribution < -0.4 is 10.2 Å². The Kier molecular flexibility index (Phi) is 3.90. The predicted molar refractivity (Wildman–Crippen MR) is 98.0 cm³/mol. The van der Waals surface area contributed by atoms with Gasteiger partial charge in [0.2, 0.25) is 0 Å². The Balaban J connectivity index is 1.66. The van der Waals surface area contributed by atoms with Crippen molar-refractivity contribution in [1.82, 2.24) is 9.97 Å². The molecular formula is C18H18N4OS. The molecule has 6 heteroatoms. The van der Waals surface area contributed by atoms with Crippen LogP contribution in [-0.4, -0.2) is 29.0 Å². The number of hydrogen-bond donors (Lipinski definition) is 1. The number of anilines is 2. The second-order valence-electron chi connectivity index (χ2n) is 5.99. The number of thiophene rings is 1. The summed E-state index contributed by atoms with van der Waals surface area (Å²) in [7, 11) is 0. The van der Waals surface area contributed by atoms with E-state index < -0.39 is 0 Å². The van der Waals surface area contributed by atoms with Gasteiger partial charge in [-0.15, -0.1) is 11.3 Å². The predicted octanol–water partition coefficient (Wildman–Crippen LogP) is 3.85. The van der Waals surface area contributed by atoms with Crippen LogP contribution in [-0.2, 0) is 0 Å². The molecule has 0 aliphatic carbocycles. The highest BCUT2D eigenvalue weighted by atomic mass is 32.1. The minimum atomic E-state index is -0.0768. The van der Waals surface area contributed by atoms with Crippen molar-refractivity contribution in [1.29, 1.82) is 0 Å². The van der Waals surface area contributed by atoms with E-state index in [2.05, 4.69) is 20.2 Å². The van der Waals surface area contributed by atoms with Crippen LogP contribution in [0.3, 0.4) is 0 Å². The fourth-order valence-electron chi connectivity index (χ4n) is 3.05. The fraction of sp³-hybridized carbons (Fsp3) is 0.278. The zero-order chi connectivity index (χ0) is 16.5. The molecule has 0 atom stereocenters. The average Bonchev–Trinajstić information content (AvgIpc) is 3.26. The zero-order valence-corrected chi connectivity index (χ0v) is 14.3. The van der Waals surface area contributed by atoms with Crippen LogP contribution >= 0.6 is 11.3 Å². The van der Waals surface area contributed by atoms with Crippen molar-refractivity contribution in [3.05, 3.63) is 46.4 Å². The Morgan fingerprint density at radius 1 is 1.17 bits per heavy atom. The topological polar surface area (TPSA) is 58.1 Å². The first kappa shape index (κ1) is 15.1. The number of hydrogen-bond acceptors (Lipinski definition) is 5. The van der Waals surface area contributed by atoms with E-state index in [0.717, 1.165) is 45.3 Å². The molecule has 1 aromatic carbocycles. The van der Waals surface area contributed by atoms with Crippen molar-refractivity contribution in [2.24, 2.45) is 0 Å². The van der Waals surface area contributed by atoms with Gasteiger partial charge >= 0.3 is 0 Å². The summed E-state index contributed by atoms with van der Waals surface area (Å²) in [5.41, 5.74) is 1.67. The number of benzene rings is 1. The first-order chi connectivity index (χ1) is 11.7. The highest BCUT2D eigenvalue weighted by Gasteiger charge is 2.17. The van der Waals surface area contributed by atoms with Crippen LogP contribution in [0.1, 0.15) is 27.4 Å². The van der Waals surface area contributed by atoms with Gasteiger partial charge in [-0.25, -0.2) is 9.97 Å². The van der Waals surface area contributed by atoms with Crippen molar-refractivity contribution < 1.29 is 4.79 Å². The van der Waals surface area contributed by atoms with Crippen LogP contribution in [0.25, 0.3) is 10.9 Å². The highest BCUT2D eigenvalue weighted by molar-refractivity contribution is 7.14. The van der Waals surface area contributed by atoms with Crippen molar-refractivity contribution in [2.75, 3.05) is 23.3 Å². The molecule has 0 spiro atoms. The van der Waals surface area contributed by atoms with Gasteiger partial charge in [0.15, 0.2) is 0 Å². The number of carbonyl (C=O) groups excluding carboxylic acids is 1. The Bertz CT molecular complexity index is 899. The summed E-state index contributed by atoms with van der Waals surface area (Å²) >= 11 is 1.50. The maximum absolute atomic E-state index is 12.4. The summed E-state index contributed by atoms with van der Waals surface area (Å²) in [6, 6.07) is 9.61. The summed E-state index contributed by atoms with van der Waals surface area (Å²) in [6.07, 6.45) is 4.00. The van der Waals surface area contributed by atoms with E-state index in [1.165, 1.54) is 24.2 Å². The normalized spacial score (nSPS) is 14.3. The van der Waals surface area contributed by atoms with Crippen LogP contribution in [0.15, 0.2) is 36.7 Å². The molecule has 0 saturated carbocycles. The molecule has 122 valence electrons. The number of rotatable bonds is 3. The smallest absolute Gasteiger partial charge is 0.265 e. The summed E-state index contributed by atoms with van der Waals surface area (Å²) in [6.45, 7) is 4.05. The maximum Gasteiger partial charge on any atom is 0.265 e. The second kappa shape index (κ2) is 6.20. The molecule has 1 fully saturated rings. The highest BCUT2D eigenvalue weighted by Crippen LogP contribution is 2.28. The summed E-state index contributed by atoms with van der Waals surface area (Å²) in [5.74, 6) is 0.882. The zero-order valence-electron chi connectivity index (χ0n) is 13.5. The molecule has 3 heterocycles. The number of amides is 1. The Hall–Kier alpha value is -2.47. The molecule has 5 nitrogen and oxygen atoms in total. The van der Waals surface area contributed by atoms with Gasteiger partial charge in [0.25, 0.3) is 5.91 Å². The lowest BCUT2D eigenvalue weighted by Crippen LogP contribution is -2.19. The van der Waals surface area contributed by atoms with Crippen LogP contribution in [0.2, 0.25) is 0 Å². The summed E-state index contributed by atoms with van der Waals surface area (Å²) < 4.78 is 0. The molecule has 0 radical (unpaired) electrons. The first-order valence-electron chi connectivity index (χ1n) is 8.08. The Labute approximate surface area is 144 Å². The third-order valence-electron chi connectivity index (χ3n) is 4.24. The van der Waals surface area contributed by atoms with E-state index >= 15 is 0 Å². The molecule has 1 N–H and O–H groups in total. The SMILES string of the molecule is Cc1ccc(C(=O)Nc2ccc3ncnc(N4CCCC4)c3c2)s1. The molecule has 4 rings (SSSR count). The maximum atomic E-state index is 12.4. The third-order valence-corrected chi connectivity index (χ3v) is 5.24. The summed E-state index contributed by atoms with van der Waals surface area (Å²) in [5, 5.41) is 3.96. The minimum Gasteiger partial charge on any atom is -0.356 e. The minimum absolute atomic E-state index is 0.0768. The van der Waals surface area contributed by atoms with Gasteiger partial charge in [-0.2, -0.15) is 0 Å². The van der Waals surface area contributed by atoms with Crippen molar-refractivity contribution in [3.8, 4) is 0 Å². The van der Waals surface area contributed by atoms with Crippen LogP contribution in [0.5, 0.6) is 0 Å². The largest absolute Gasteiger partial charge is 0.356 e. The molecule has 1 saturated heterocycles. The number of nitrogens with zero attached hydrogens (tertiary/aromatic N) is 3. The first-order valence-corrected chi connectivity index (χ1v) is 8.90. The molecule has 1 aliphatic heterocycles. The van der Waals surface area contributed by atoms with Gasteiger partial charge in [-0.05, 0) is 50.1 Å². The molecule has 0 unspecified atom stereocenters. The number of aromatic nitrogens is 2. The molecule has 0 bridgehead atoms. The Morgan fingerprint density at radius 2 is 2.00 bits per heavy atom. The van der Waals surface area contributed by atoms with E-state index in [1.54, 1.807) is 6.33 Å². The number of nitrogens with one attached hydrogen (secondary N) is 1. The fourth-order valence-corrected chi connectivity index (χ4v) is 3.81. The molecular weight excluding hydrogens is 320 g/mol. The van der Waals surface area contributed by atoms with Gasteiger partial charge in [0.05, 0.1) is 10.4 Å². The quantitative estimate of drug-likeness (QED) is 0.788. The average molecular weight is 338 g/mol. The van der Waals surface area contributed by atoms with Gasteiger partial charge in [-0.1, -0.05) is 0 Å². The summed E-state index contributed by atoms with van der Waals surface area (Å²) in [4.78, 5) is 25.3. The lowest BCUT2D eigenvalue weighted by Gasteiger charge is -2.18.